The van der Waals surface area contributed by atoms with E-state index in [0.717, 1.165) is 12.1 Å². The molecule has 0 aliphatic carbocycles. The molecule has 0 bridgehead atoms. The molecule has 1 heterocycles. The van der Waals surface area contributed by atoms with E-state index in [0.29, 0.717) is 5.69 Å². The molecule has 0 amide bonds. The summed E-state index contributed by atoms with van der Waals surface area (Å²) in [7, 11) is -1.22. The van der Waals surface area contributed by atoms with Gasteiger partial charge in [0, 0.05) is 12.7 Å². The van der Waals surface area contributed by atoms with Gasteiger partial charge in [-0.2, -0.15) is 0 Å². The summed E-state index contributed by atoms with van der Waals surface area (Å²) in [4.78, 5) is 11.6. The zero-order valence-corrected chi connectivity index (χ0v) is 14.1. The number of nitrogens with one attached hydrogen (secondary N) is 1. The Balaban J connectivity index is 2.44. The largest absolute Gasteiger partial charge is 0.464 e. The van der Waals surface area contributed by atoms with Crippen molar-refractivity contribution in [2.45, 2.75) is 11.8 Å². The molecule has 0 aliphatic rings. The van der Waals surface area contributed by atoms with Gasteiger partial charge in [0.15, 0.2) is 0 Å². The Hall–Kier alpha value is -2.06. The van der Waals surface area contributed by atoms with Gasteiger partial charge in [0.25, 0.3) is 10.0 Å². The van der Waals surface area contributed by atoms with Gasteiger partial charge in [-0.3, -0.25) is 4.72 Å². The number of carbonyl (C=O) groups is 1. The number of hydrogen-bond donors (Lipinski definition) is 1. The van der Waals surface area contributed by atoms with E-state index in [1.165, 1.54) is 23.8 Å². The molecule has 6 nitrogen and oxygen atoms in total. The van der Waals surface area contributed by atoms with Crippen molar-refractivity contribution in [3.63, 3.8) is 0 Å². The quantitative estimate of drug-likeness (QED) is 0.850. The standard InChI is InChI=1S/C14H14ClFN2O4S/c1-8-13(7-12(18(8)2)14(19)22-3)23(20,21)17-9-4-5-11(16)10(15)6-9/h4-7,17H,1-3H3. The highest BCUT2D eigenvalue weighted by atomic mass is 35.5. The number of benzene rings is 1. The van der Waals surface area contributed by atoms with Gasteiger partial charge in [0.05, 0.1) is 17.8 Å². The lowest BCUT2D eigenvalue weighted by Crippen LogP contribution is -2.14. The predicted octanol–water partition coefficient (Wildman–Crippen LogP) is 2.71. The van der Waals surface area contributed by atoms with Crippen LogP contribution < -0.4 is 4.72 Å². The van der Waals surface area contributed by atoms with E-state index in [1.807, 2.05) is 0 Å². The first-order valence-corrected chi connectivity index (χ1v) is 8.26. The summed E-state index contributed by atoms with van der Waals surface area (Å²) in [6.45, 7) is 1.55. The first-order valence-electron chi connectivity index (χ1n) is 6.40. The number of carbonyl (C=O) groups excluding carboxylic acids is 1. The van der Waals surface area contributed by atoms with Crippen LogP contribution >= 0.6 is 11.6 Å². The molecule has 0 unspecified atom stereocenters. The number of rotatable bonds is 4. The predicted molar refractivity (Wildman–Crippen MR) is 83.7 cm³/mol. The van der Waals surface area contributed by atoms with Gasteiger partial charge in [0.1, 0.15) is 16.4 Å². The molecule has 0 spiro atoms. The van der Waals surface area contributed by atoms with E-state index in [4.69, 9.17) is 11.6 Å². The van der Waals surface area contributed by atoms with Crippen molar-refractivity contribution in [1.29, 1.82) is 0 Å². The van der Waals surface area contributed by atoms with Gasteiger partial charge in [0.2, 0.25) is 0 Å². The van der Waals surface area contributed by atoms with Crippen molar-refractivity contribution in [2.24, 2.45) is 7.05 Å². The van der Waals surface area contributed by atoms with Crippen LogP contribution in [-0.2, 0) is 21.8 Å². The van der Waals surface area contributed by atoms with Crippen LogP contribution in [0.1, 0.15) is 16.2 Å². The summed E-state index contributed by atoms with van der Waals surface area (Å²) < 4.78 is 46.4. The number of nitrogens with zero attached hydrogens (tertiary/aromatic N) is 1. The molecule has 2 rings (SSSR count). The van der Waals surface area contributed by atoms with E-state index >= 15 is 0 Å². The third-order valence-electron chi connectivity index (χ3n) is 3.34. The van der Waals surface area contributed by atoms with Crippen molar-refractivity contribution < 1.29 is 22.3 Å². The summed E-state index contributed by atoms with van der Waals surface area (Å²) in [5.74, 6) is -1.31. The van der Waals surface area contributed by atoms with Crippen molar-refractivity contribution in [3.8, 4) is 0 Å². The highest BCUT2D eigenvalue weighted by molar-refractivity contribution is 7.92. The number of aromatic nitrogens is 1. The third-order valence-corrected chi connectivity index (χ3v) is 5.13. The summed E-state index contributed by atoms with van der Waals surface area (Å²) in [5, 5.41) is -0.203. The molecular weight excluding hydrogens is 347 g/mol. The zero-order valence-electron chi connectivity index (χ0n) is 12.6. The molecule has 0 atom stereocenters. The number of halogens is 2. The van der Waals surface area contributed by atoms with Gasteiger partial charge < -0.3 is 9.30 Å². The maximum Gasteiger partial charge on any atom is 0.354 e. The number of methoxy groups -OCH3 is 1. The van der Waals surface area contributed by atoms with E-state index in [2.05, 4.69) is 9.46 Å². The lowest BCUT2D eigenvalue weighted by Gasteiger charge is -2.08. The molecule has 0 radical (unpaired) electrons. The average Bonchev–Trinajstić information content (AvgIpc) is 2.79. The number of anilines is 1. The molecule has 1 aromatic carbocycles. The van der Waals surface area contributed by atoms with Crippen LogP contribution in [0.15, 0.2) is 29.2 Å². The number of ether oxygens (including phenoxy) is 1. The molecule has 23 heavy (non-hydrogen) atoms. The Labute approximate surface area is 137 Å². The van der Waals surface area contributed by atoms with E-state index < -0.39 is 21.8 Å². The first-order chi connectivity index (χ1) is 10.7. The zero-order chi connectivity index (χ0) is 17.4. The second-order valence-electron chi connectivity index (χ2n) is 4.76. The van der Waals surface area contributed by atoms with Crippen molar-refractivity contribution in [3.05, 3.63) is 46.5 Å². The average molecular weight is 361 g/mol. The lowest BCUT2D eigenvalue weighted by molar-refractivity contribution is 0.0589. The van der Waals surface area contributed by atoms with Gasteiger partial charge in [-0.05, 0) is 31.2 Å². The molecule has 2 aromatic rings. The fraction of sp³-hybridized carbons (Fsp3) is 0.214. The minimum Gasteiger partial charge on any atom is -0.464 e. The molecular formula is C14H14ClFN2O4S. The molecule has 1 aromatic heterocycles. The lowest BCUT2D eigenvalue weighted by atomic mass is 10.3. The Morgan fingerprint density at radius 1 is 1.35 bits per heavy atom. The van der Waals surface area contributed by atoms with Crippen molar-refractivity contribution in [1.82, 2.24) is 4.57 Å². The van der Waals surface area contributed by atoms with Crippen molar-refractivity contribution in [2.75, 3.05) is 11.8 Å². The smallest absolute Gasteiger partial charge is 0.354 e. The summed E-state index contributed by atoms with van der Waals surface area (Å²) in [6, 6.07) is 4.68. The molecule has 0 aliphatic heterocycles. The summed E-state index contributed by atoms with van der Waals surface area (Å²) >= 11 is 5.63. The minimum atomic E-state index is -3.98. The Kier molecular flexibility index (Phi) is 4.67. The molecule has 124 valence electrons. The maximum atomic E-state index is 13.1. The molecule has 1 N–H and O–H groups in total. The minimum absolute atomic E-state index is 0.0825. The van der Waals surface area contributed by atoms with Crippen LogP contribution in [-0.4, -0.2) is 26.1 Å². The van der Waals surface area contributed by atoms with Crippen molar-refractivity contribution >= 4 is 33.3 Å². The highest BCUT2D eigenvalue weighted by Gasteiger charge is 2.25. The molecule has 9 heteroatoms. The van der Waals surface area contributed by atoms with Crippen LogP contribution in [0.4, 0.5) is 10.1 Å². The number of hydrogen-bond acceptors (Lipinski definition) is 4. The fourth-order valence-electron chi connectivity index (χ4n) is 2.01. The van der Waals surface area contributed by atoms with E-state index in [9.17, 15) is 17.6 Å². The van der Waals surface area contributed by atoms with E-state index in [-0.39, 0.29) is 21.3 Å². The topological polar surface area (TPSA) is 77.4 Å². The third kappa shape index (κ3) is 3.32. The molecule has 0 saturated heterocycles. The van der Waals surface area contributed by atoms with Gasteiger partial charge in [-0.15, -0.1) is 0 Å². The fourth-order valence-corrected chi connectivity index (χ4v) is 3.53. The number of esters is 1. The van der Waals surface area contributed by atoms with Crippen LogP contribution in [0.3, 0.4) is 0 Å². The van der Waals surface area contributed by atoms with Crippen LogP contribution in [0.5, 0.6) is 0 Å². The number of sulfonamides is 1. The maximum absolute atomic E-state index is 13.1. The Bertz CT molecular complexity index is 877. The Morgan fingerprint density at radius 2 is 2.00 bits per heavy atom. The van der Waals surface area contributed by atoms with Gasteiger partial charge in [-0.25, -0.2) is 17.6 Å². The second kappa shape index (κ2) is 6.21. The molecule has 0 saturated carbocycles. The second-order valence-corrected chi connectivity index (χ2v) is 6.82. The van der Waals surface area contributed by atoms with Crippen LogP contribution in [0.2, 0.25) is 5.02 Å². The van der Waals surface area contributed by atoms with Crippen LogP contribution in [0.25, 0.3) is 0 Å². The Morgan fingerprint density at radius 3 is 2.57 bits per heavy atom. The SMILES string of the molecule is COC(=O)c1cc(S(=O)(=O)Nc2ccc(F)c(Cl)c2)c(C)n1C. The first kappa shape index (κ1) is 17.3. The van der Waals surface area contributed by atoms with Gasteiger partial charge >= 0.3 is 5.97 Å². The summed E-state index contributed by atoms with van der Waals surface area (Å²) in [6.07, 6.45) is 0. The van der Waals surface area contributed by atoms with Crippen LogP contribution in [0, 0.1) is 12.7 Å². The van der Waals surface area contributed by atoms with Gasteiger partial charge in [-0.1, -0.05) is 11.6 Å². The molecule has 0 fully saturated rings. The van der Waals surface area contributed by atoms with E-state index in [1.54, 1.807) is 14.0 Å². The normalized spacial score (nSPS) is 11.3. The monoisotopic (exact) mass is 360 g/mol. The summed E-state index contributed by atoms with van der Waals surface area (Å²) in [5.41, 5.74) is 0.563. The highest BCUT2D eigenvalue weighted by Crippen LogP contribution is 2.25.